The summed E-state index contributed by atoms with van der Waals surface area (Å²) in [7, 11) is 0. The van der Waals surface area contributed by atoms with Crippen molar-refractivity contribution in [2.45, 2.75) is 32.0 Å². The lowest BCUT2D eigenvalue weighted by atomic mass is 10.1. The highest BCUT2D eigenvalue weighted by Gasteiger charge is 2.10. The summed E-state index contributed by atoms with van der Waals surface area (Å²) >= 11 is 3.58. The fourth-order valence-corrected chi connectivity index (χ4v) is 2.68. The minimum Gasteiger partial charge on any atom is -0.494 e. The Hall–Kier alpha value is -1.03. The first kappa shape index (κ1) is 16.0. The van der Waals surface area contributed by atoms with Crippen LogP contribution in [-0.2, 0) is 0 Å². The summed E-state index contributed by atoms with van der Waals surface area (Å²) < 4.78 is 5.34. The van der Waals surface area contributed by atoms with Gasteiger partial charge in [0.05, 0.1) is 6.61 Å². The maximum absolute atomic E-state index is 11.9. The fraction of sp³-hybridized carbons (Fsp3) is 0.533. The number of hydrogen-bond donors (Lipinski definition) is 1. The van der Waals surface area contributed by atoms with Crippen molar-refractivity contribution in [2.24, 2.45) is 5.92 Å². The van der Waals surface area contributed by atoms with E-state index in [0.29, 0.717) is 29.5 Å². The SMILES string of the molecule is CCOc1ccc(C(=O)NCC(Br)CC(C)C)cc1. The van der Waals surface area contributed by atoms with Crippen molar-refractivity contribution in [1.82, 2.24) is 5.32 Å². The topological polar surface area (TPSA) is 38.3 Å². The maximum atomic E-state index is 11.9. The average molecular weight is 328 g/mol. The molecule has 1 aromatic carbocycles. The molecule has 1 aromatic rings. The van der Waals surface area contributed by atoms with E-state index in [1.807, 2.05) is 19.1 Å². The summed E-state index contributed by atoms with van der Waals surface area (Å²) in [6, 6.07) is 7.20. The number of hydrogen-bond acceptors (Lipinski definition) is 2. The summed E-state index contributed by atoms with van der Waals surface area (Å²) in [6.07, 6.45) is 1.05. The van der Waals surface area contributed by atoms with Gasteiger partial charge in [0.25, 0.3) is 5.91 Å². The minimum atomic E-state index is -0.0451. The van der Waals surface area contributed by atoms with Gasteiger partial charge >= 0.3 is 0 Å². The lowest BCUT2D eigenvalue weighted by molar-refractivity contribution is 0.0953. The van der Waals surface area contributed by atoms with Crippen molar-refractivity contribution in [3.05, 3.63) is 29.8 Å². The molecule has 106 valence electrons. The predicted octanol–water partition coefficient (Wildman–Crippen LogP) is 3.62. The van der Waals surface area contributed by atoms with E-state index in [0.717, 1.165) is 12.2 Å². The second-order valence-corrected chi connectivity index (χ2v) is 6.19. The van der Waals surface area contributed by atoms with E-state index in [2.05, 4.69) is 35.1 Å². The van der Waals surface area contributed by atoms with E-state index in [4.69, 9.17) is 4.74 Å². The van der Waals surface area contributed by atoms with Crippen LogP contribution >= 0.6 is 15.9 Å². The molecular weight excluding hydrogens is 306 g/mol. The van der Waals surface area contributed by atoms with Gasteiger partial charge in [0, 0.05) is 16.9 Å². The maximum Gasteiger partial charge on any atom is 0.251 e. The highest BCUT2D eigenvalue weighted by atomic mass is 79.9. The summed E-state index contributed by atoms with van der Waals surface area (Å²) in [5, 5.41) is 2.93. The number of alkyl halides is 1. The largest absolute Gasteiger partial charge is 0.494 e. The van der Waals surface area contributed by atoms with Crippen LogP contribution in [0.15, 0.2) is 24.3 Å². The average Bonchev–Trinajstić information content (AvgIpc) is 2.36. The van der Waals surface area contributed by atoms with Crippen LogP contribution < -0.4 is 10.1 Å². The molecule has 1 atom stereocenters. The number of carbonyl (C=O) groups excluding carboxylic acids is 1. The molecule has 0 bridgehead atoms. The minimum absolute atomic E-state index is 0.0451. The Bertz CT molecular complexity index is 390. The van der Waals surface area contributed by atoms with Crippen molar-refractivity contribution in [3.8, 4) is 5.75 Å². The van der Waals surface area contributed by atoms with Gasteiger partial charge in [0.2, 0.25) is 0 Å². The van der Waals surface area contributed by atoms with E-state index in [-0.39, 0.29) is 5.91 Å². The summed E-state index contributed by atoms with van der Waals surface area (Å²) in [5.41, 5.74) is 0.660. The van der Waals surface area contributed by atoms with Crippen molar-refractivity contribution in [3.63, 3.8) is 0 Å². The van der Waals surface area contributed by atoms with Crippen LogP contribution in [0.4, 0.5) is 0 Å². The molecule has 0 fully saturated rings. The van der Waals surface area contributed by atoms with Gasteiger partial charge in [-0.05, 0) is 43.5 Å². The zero-order valence-electron chi connectivity index (χ0n) is 11.8. The number of halogens is 1. The van der Waals surface area contributed by atoms with E-state index in [9.17, 15) is 4.79 Å². The van der Waals surface area contributed by atoms with Gasteiger partial charge in [-0.1, -0.05) is 29.8 Å². The number of nitrogens with one attached hydrogen (secondary N) is 1. The van der Waals surface area contributed by atoms with Crippen molar-refractivity contribution < 1.29 is 9.53 Å². The van der Waals surface area contributed by atoms with E-state index in [1.165, 1.54) is 0 Å². The molecule has 0 aliphatic carbocycles. The first-order chi connectivity index (χ1) is 9.02. The van der Waals surface area contributed by atoms with Gasteiger partial charge in [-0.15, -0.1) is 0 Å². The molecule has 0 saturated heterocycles. The van der Waals surface area contributed by atoms with Crippen molar-refractivity contribution >= 4 is 21.8 Å². The molecule has 0 spiro atoms. The number of rotatable bonds is 7. The lowest BCUT2D eigenvalue weighted by Crippen LogP contribution is -2.30. The predicted molar refractivity (Wildman–Crippen MR) is 82.1 cm³/mol. The van der Waals surface area contributed by atoms with Crippen molar-refractivity contribution in [1.29, 1.82) is 0 Å². The summed E-state index contributed by atoms with van der Waals surface area (Å²) in [6.45, 7) is 7.55. The number of carbonyl (C=O) groups is 1. The van der Waals surface area contributed by atoms with E-state index >= 15 is 0 Å². The Morgan fingerprint density at radius 2 is 1.95 bits per heavy atom. The Morgan fingerprint density at radius 3 is 2.47 bits per heavy atom. The molecule has 19 heavy (non-hydrogen) atoms. The molecule has 1 rings (SSSR count). The Labute approximate surface area is 123 Å². The van der Waals surface area contributed by atoms with Crippen LogP contribution in [-0.4, -0.2) is 23.9 Å². The third-order valence-electron chi connectivity index (χ3n) is 2.64. The van der Waals surface area contributed by atoms with Crippen LogP contribution in [0.1, 0.15) is 37.6 Å². The molecule has 0 saturated carbocycles. The first-order valence-corrected chi connectivity index (χ1v) is 7.59. The highest BCUT2D eigenvalue weighted by molar-refractivity contribution is 9.09. The zero-order chi connectivity index (χ0) is 14.3. The Morgan fingerprint density at radius 1 is 1.32 bits per heavy atom. The number of ether oxygens (including phenoxy) is 1. The fourth-order valence-electron chi connectivity index (χ4n) is 1.77. The van der Waals surface area contributed by atoms with Crippen molar-refractivity contribution in [2.75, 3.05) is 13.2 Å². The smallest absolute Gasteiger partial charge is 0.251 e. The van der Waals surface area contributed by atoms with Gasteiger partial charge in [0.1, 0.15) is 5.75 Å². The van der Waals surface area contributed by atoms with E-state index < -0.39 is 0 Å². The van der Waals surface area contributed by atoms with E-state index in [1.54, 1.807) is 12.1 Å². The van der Waals surface area contributed by atoms with Crippen LogP contribution in [0.25, 0.3) is 0 Å². The van der Waals surface area contributed by atoms with Gasteiger partial charge in [0.15, 0.2) is 0 Å². The van der Waals surface area contributed by atoms with Crippen LogP contribution in [0.2, 0.25) is 0 Å². The van der Waals surface area contributed by atoms with Gasteiger partial charge in [-0.2, -0.15) is 0 Å². The molecule has 3 nitrogen and oxygen atoms in total. The molecule has 0 radical (unpaired) electrons. The molecule has 0 heterocycles. The molecule has 0 aliphatic heterocycles. The molecule has 1 amide bonds. The highest BCUT2D eigenvalue weighted by Crippen LogP contribution is 2.13. The Kier molecular flexibility index (Phi) is 6.92. The summed E-state index contributed by atoms with van der Waals surface area (Å²) in [5.74, 6) is 1.36. The molecule has 0 aliphatic rings. The van der Waals surface area contributed by atoms with Gasteiger partial charge in [-0.3, -0.25) is 4.79 Å². The van der Waals surface area contributed by atoms with Gasteiger partial charge in [-0.25, -0.2) is 0 Å². The molecule has 0 aromatic heterocycles. The third kappa shape index (κ3) is 6.10. The Balaban J connectivity index is 2.44. The normalized spacial score (nSPS) is 12.3. The van der Waals surface area contributed by atoms with Crippen LogP contribution in [0, 0.1) is 5.92 Å². The standard InChI is InChI=1S/C15H22BrNO2/c1-4-19-14-7-5-12(6-8-14)15(18)17-10-13(16)9-11(2)3/h5-8,11,13H,4,9-10H2,1-3H3,(H,17,18). The quantitative estimate of drug-likeness (QED) is 0.776. The lowest BCUT2D eigenvalue weighted by Gasteiger charge is -2.13. The molecule has 4 heteroatoms. The second-order valence-electron chi connectivity index (χ2n) is 4.89. The monoisotopic (exact) mass is 327 g/mol. The number of amides is 1. The zero-order valence-corrected chi connectivity index (χ0v) is 13.4. The van der Waals surface area contributed by atoms with Gasteiger partial charge < -0.3 is 10.1 Å². The third-order valence-corrected chi connectivity index (χ3v) is 3.34. The molecule has 1 unspecified atom stereocenters. The molecular formula is C15H22BrNO2. The first-order valence-electron chi connectivity index (χ1n) is 6.68. The van der Waals surface area contributed by atoms with Crippen LogP contribution in [0.5, 0.6) is 5.75 Å². The number of benzene rings is 1. The second kappa shape index (κ2) is 8.20. The summed E-state index contributed by atoms with van der Waals surface area (Å²) in [4.78, 5) is 12.2. The van der Waals surface area contributed by atoms with Crippen LogP contribution in [0.3, 0.4) is 0 Å². The molecule has 1 N–H and O–H groups in total.